The first kappa shape index (κ1) is 21.0. The second-order valence-electron chi connectivity index (χ2n) is 8.56. The van der Waals surface area contributed by atoms with E-state index in [-0.39, 0.29) is 23.9 Å². The van der Waals surface area contributed by atoms with Crippen molar-refractivity contribution in [3.8, 4) is 11.4 Å². The van der Waals surface area contributed by atoms with Gasteiger partial charge in [-0.05, 0) is 74.8 Å². The smallest absolute Gasteiger partial charge is 0.170 e. The van der Waals surface area contributed by atoms with Gasteiger partial charge in [-0.1, -0.05) is 18.2 Å². The number of nitrogens with one attached hydrogen (secondary N) is 1. The van der Waals surface area contributed by atoms with Crippen molar-refractivity contribution in [2.45, 2.75) is 44.9 Å². The monoisotopic (exact) mass is 448 g/mol. The summed E-state index contributed by atoms with van der Waals surface area (Å²) in [5.41, 5.74) is 5.06. The molecule has 2 saturated heterocycles. The second-order valence-corrected chi connectivity index (χ2v) is 8.95. The van der Waals surface area contributed by atoms with Crippen LogP contribution in [-0.4, -0.2) is 43.9 Å². The Balaban J connectivity index is 1.60. The second kappa shape index (κ2) is 8.56. The Labute approximate surface area is 193 Å². The lowest BCUT2D eigenvalue weighted by Gasteiger charge is -2.30. The predicted molar refractivity (Wildman–Crippen MR) is 128 cm³/mol. The van der Waals surface area contributed by atoms with Gasteiger partial charge in [0.25, 0.3) is 0 Å². The third kappa shape index (κ3) is 3.65. The Morgan fingerprint density at radius 2 is 2.00 bits per heavy atom. The standard InChI is InChI=1S/C25H28N4O2S/c1-16-14-19(17(2)29(16)21-10-3-4-11-22(21)30)24-23(20-9-5-6-12-26-20)27-25(32)28(24)15-18-8-7-13-31-18/h3-6,9-12,14,18,23-24,30H,7-8,13,15H2,1-2H3,(H,27,32)/t18-,23-,24+/m0/s1. The third-order valence-corrected chi connectivity index (χ3v) is 6.89. The van der Waals surface area contributed by atoms with Crippen molar-refractivity contribution in [2.24, 2.45) is 0 Å². The van der Waals surface area contributed by atoms with Gasteiger partial charge in [0.2, 0.25) is 0 Å². The average Bonchev–Trinajstić information content (AvgIpc) is 3.49. The van der Waals surface area contributed by atoms with Crippen LogP contribution in [0.3, 0.4) is 0 Å². The van der Waals surface area contributed by atoms with Crippen LogP contribution in [0, 0.1) is 13.8 Å². The number of hydrogen-bond donors (Lipinski definition) is 2. The van der Waals surface area contributed by atoms with Crippen molar-refractivity contribution >= 4 is 17.3 Å². The number of nitrogens with zero attached hydrogens (tertiary/aromatic N) is 3. The van der Waals surface area contributed by atoms with Gasteiger partial charge in [-0.15, -0.1) is 0 Å². The fraction of sp³-hybridized carbons (Fsp3) is 0.360. The molecule has 1 aromatic carbocycles. The largest absolute Gasteiger partial charge is 0.506 e. The number of aromatic nitrogens is 2. The van der Waals surface area contributed by atoms with Crippen molar-refractivity contribution in [3.63, 3.8) is 0 Å². The molecule has 7 heteroatoms. The average molecular weight is 449 g/mol. The van der Waals surface area contributed by atoms with E-state index >= 15 is 0 Å². The molecule has 166 valence electrons. The van der Waals surface area contributed by atoms with Crippen molar-refractivity contribution in [1.29, 1.82) is 0 Å². The summed E-state index contributed by atoms with van der Waals surface area (Å²) in [5, 5.41) is 14.8. The maximum Gasteiger partial charge on any atom is 0.170 e. The number of pyridine rings is 1. The van der Waals surface area contributed by atoms with E-state index < -0.39 is 0 Å². The topological polar surface area (TPSA) is 62.5 Å². The lowest BCUT2D eigenvalue weighted by Crippen LogP contribution is -2.36. The molecular weight excluding hydrogens is 420 g/mol. The van der Waals surface area contributed by atoms with Gasteiger partial charge in [0.05, 0.1) is 29.6 Å². The van der Waals surface area contributed by atoms with Gasteiger partial charge in [-0.2, -0.15) is 0 Å². The van der Waals surface area contributed by atoms with Crippen molar-refractivity contribution < 1.29 is 9.84 Å². The van der Waals surface area contributed by atoms with Crippen molar-refractivity contribution in [1.82, 2.24) is 19.8 Å². The molecule has 3 aromatic rings. The van der Waals surface area contributed by atoms with Gasteiger partial charge in [-0.3, -0.25) is 4.98 Å². The number of aryl methyl sites for hydroxylation is 1. The molecule has 0 aliphatic carbocycles. The summed E-state index contributed by atoms with van der Waals surface area (Å²) in [5.74, 6) is 0.262. The summed E-state index contributed by atoms with van der Waals surface area (Å²) in [6, 6.07) is 15.6. The highest BCUT2D eigenvalue weighted by atomic mass is 32.1. The van der Waals surface area contributed by atoms with Crippen LogP contribution < -0.4 is 5.32 Å². The van der Waals surface area contributed by atoms with E-state index in [2.05, 4.69) is 39.7 Å². The summed E-state index contributed by atoms with van der Waals surface area (Å²) < 4.78 is 8.07. The number of aromatic hydroxyl groups is 1. The summed E-state index contributed by atoms with van der Waals surface area (Å²) >= 11 is 5.81. The normalized spacial score (nSPS) is 23.0. The van der Waals surface area contributed by atoms with Gasteiger partial charge in [-0.25, -0.2) is 0 Å². The quantitative estimate of drug-likeness (QED) is 0.566. The molecule has 2 aliphatic rings. The number of para-hydroxylation sites is 2. The molecule has 3 atom stereocenters. The van der Waals surface area contributed by atoms with E-state index in [0.717, 1.165) is 53.9 Å². The molecule has 0 amide bonds. The first-order valence-corrected chi connectivity index (χ1v) is 11.5. The zero-order chi connectivity index (χ0) is 22.2. The fourth-order valence-electron chi connectivity index (χ4n) is 5.06. The highest BCUT2D eigenvalue weighted by molar-refractivity contribution is 7.80. The first-order chi connectivity index (χ1) is 15.5. The van der Waals surface area contributed by atoms with E-state index in [9.17, 15) is 5.11 Å². The van der Waals surface area contributed by atoms with Crippen LogP contribution in [0.1, 0.15) is 47.6 Å². The molecule has 2 aromatic heterocycles. The van der Waals surface area contributed by atoms with Gasteiger partial charge < -0.3 is 24.6 Å². The summed E-state index contributed by atoms with van der Waals surface area (Å²) in [7, 11) is 0. The van der Waals surface area contributed by atoms with Crippen molar-refractivity contribution in [2.75, 3.05) is 13.2 Å². The van der Waals surface area contributed by atoms with Crippen LogP contribution >= 0.6 is 12.2 Å². The Morgan fingerprint density at radius 3 is 2.72 bits per heavy atom. The number of phenols is 1. The molecule has 0 radical (unpaired) electrons. The Morgan fingerprint density at radius 1 is 1.19 bits per heavy atom. The molecule has 2 fully saturated rings. The summed E-state index contributed by atoms with van der Waals surface area (Å²) in [6.07, 6.45) is 4.15. The van der Waals surface area contributed by atoms with Crippen LogP contribution in [0.15, 0.2) is 54.7 Å². The molecule has 0 bridgehead atoms. The van der Waals surface area contributed by atoms with E-state index in [1.807, 2.05) is 42.6 Å². The van der Waals surface area contributed by atoms with Gasteiger partial charge >= 0.3 is 0 Å². The Hall–Kier alpha value is -2.90. The molecule has 0 saturated carbocycles. The molecular formula is C25H28N4O2S. The van der Waals surface area contributed by atoms with E-state index in [0.29, 0.717) is 0 Å². The first-order valence-electron chi connectivity index (χ1n) is 11.1. The van der Waals surface area contributed by atoms with Gasteiger partial charge in [0.1, 0.15) is 5.75 Å². The maximum atomic E-state index is 10.5. The third-order valence-electron chi connectivity index (χ3n) is 6.53. The lowest BCUT2D eigenvalue weighted by atomic mass is 9.96. The molecule has 0 spiro atoms. The molecule has 0 unspecified atom stereocenters. The van der Waals surface area contributed by atoms with Crippen LogP contribution in [0.2, 0.25) is 0 Å². The number of thiocarbonyl (C=S) groups is 1. The minimum absolute atomic E-state index is 0.0209. The van der Waals surface area contributed by atoms with Crippen molar-refractivity contribution in [3.05, 3.63) is 77.4 Å². The number of ether oxygens (including phenoxy) is 1. The number of phenolic OH excluding ortho intramolecular Hbond substituents is 1. The maximum absolute atomic E-state index is 10.5. The van der Waals surface area contributed by atoms with Crippen LogP contribution in [0.25, 0.3) is 5.69 Å². The SMILES string of the molecule is Cc1cc([C@@H]2[C@H](c3ccccn3)NC(=S)N2C[C@@H]2CCCO2)c(C)n1-c1ccccc1O. The molecule has 2 aliphatic heterocycles. The van der Waals surface area contributed by atoms with Gasteiger partial charge in [0, 0.05) is 30.7 Å². The fourth-order valence-corrected chi connectivity index (χ4v) is 5.37. The van der Waals surface area contributed by atoms with Gasteiger partial charge in [0.15, 0.2) is 5.11 Å². The zero-order valence-electron chi connectivity index (χ0n) is 18.4. The minimum atomic E-state index is -0.0663. The molecule has 2 N–H and O–H groups in total. The number of hydrogen-bond acceptors (Lipinski definition) is 4. The Kier molecular flexibility index (Phi) is 5.61. The van der Waals surface area contributed by atoms with E-state index in [4.69, 9.17) is 17.0 Å². The highest BCUT2D eigenvalue weighted by Crippen LogP contribution is 2.42. The number of rotatable bonds is 5. The molecule has 5 rings (SSSR count). The predicted octanol–water partition coefficient (Wildman–Crippen LogP) is 4.35. The molecule has 32 heavy (non-hydrogen) atoms. The summed E-state index contributed by atoms with van der Waals surface area (Å²) in [4.78, 5) is 6.91. The van der Waals surface area contributed by atoms with E-state index in [1.165, 1.54) is 5.56 Å². The zero-order valence-corrected chi connectivity index (χ0v) is 19.2. The minimum Gasteiger partial charge on any atom is -0.506 e. The van der Waals surface area contributed by atoms with Crippen LogP contribution in [0.5, 0.6) is 5.75 Å². The van der Waals surface area contributed by atoms with E-state index in [1.54, 1.807) is 6.07 Å². The number of benzene rings is 1. The highest BCUT2D eigenvalue weighted by Gasteiger charge is 2.42. The van der Waals surface area contributed by atoms with Crippen LogP contribution in [0.4, 0.5) is 0 Å². The summed E-state index contributed by atoms with van der Waals surface area (Å²) in [6.45, 7) is 5.74. The molecule has 6 nitrogen and oxygen atoms in total. The molecule has 4 heterocycles. The van der Waals surface area contributed by atoms with Crippen LogP contribution in [-0.2, 0) is 4.74 Å². The Bertz CT molecular complexity index is 1120. The lowest BCUT2D eigenvalue weighted by molar-refractivity contribution is 0.0842.